The molecule has 0 heterocycles. The third-order valence-electron chi connectivity index (χ3n) is 6.75. The molecule has 2 aliphatic rings. The molecule has 0 radical (unpaired) electrons. The summed E-state index contributed by atoms with van der Waals surface area (Å²) in [4.78, 5) is 0. The minimum atomic E-state index is 0.451. The summed E-state index contributed by atoms with van der Waals surface area (Å²) >= 11 is 0. The molecule has 0 nitrogen and oxygen atoms in total. The van der Waals surface area contributed by atoms with Crippen molar-refractivity contribution in [3.8, 4) is 0 Å². The monoisotopic (exact) mass is 340 g/mol. The molecule has 2 aromatic rings. The second-order valence-electron chi connectivity index (χ2n) is 8.09. The van der Waals surface area contributed by atoms with Crippen LogP contribution >= 0.6 is 0 Å². The number of hydrogen-bond acceptors (Lipinski definition) is 0. The van der Waals surface area contributed by atoms with Crippen molar-refractivity contribution < 1.29 is 0 Å². The fourth-order valence-electron chi connectivity index (χ4n) is 5.07. The molecule has 0 amide bonds. The average molecular weight is 341 g/mol. The van der Waals surface area contributed by atoms with Crippen molar-refractivity contribution in [3.05, 3.63) is 98.7 Å². The van der Waals surface area contributed by atoms with Crippen molar-refractivity contribution in [1.82, 2.24) is 0 Å². The fraction of sp³-hybridized carbons (Fsp3) is 0.308. The van der Waals surface area contributed by atoms with Crippen LogP contribution in [0.2, 0.25) is 0 Å². The van der Waals surface area contributed by atoms with Crippen molar-refractivity contribution in [3.63, 3.8) is 0 Å². The maximum atomic E-state index is 2.42. The van der Waals surface area contributed by atoms with E-state index in [0.717, 1.165) is 0 Å². The van der Waals surface area contributed by atoms with Crippen molar-refractivity contribution in [1.29, 1.82) is 0 Å². The number of benzene rings is 2. The number of fused-ring (bicyclic) bond motifs is 1. The van der Waals surface area contributed by atoms with Gasteiger partial charge in [-0.15, -0.1) is 0 Å². The molecule has 0 aliphatic heterocycles. The Morgan fingerprint density at radius 1 is 0.615 bits per heavy atom. The Morgan fingerprint density at radius 2 is 1.23 bits per heavy atom. The second-order valence-corrected chi connectivity index (χ2v) is 8.09. The summed E-state index contributed by atoms with van der Waals surface area (Å²) in [5.74, 6) is 0.948. The molecule has 0 saturated heterocycles. The maximum Gasteiger partial charge on any atom is 0.0164 e. The van der Waals surface area contributed by atoms with Crippen LogP contribution in [0.5, 0.6) is 0 Å². The molecule has 0 saturated carbocycles. The Hall–Kier alpha value is -2.34. The largest absolute Gasteiger partial charge is 0.0622 e. The van der Waals surface area contributed by atoms with Crippen molar-refractivity contribution >= 4 is 5.57 Å². The van der Waals surface area contributed by atoms with E-state index < -0.39 is 0 Å². The van der Waals surface area contributed by atoms with E-state index in [4.69, 9.17) is 0 Å². The zero-order chi connectivity index (χ0) is 18.6. The molecule has 132 valence electrons. The molecule has 0 fully saturated rings. The Kier molecular flexibility index (Phi) is 4.03. The van der Waals surface area contributed by atoms with E-state index in [2.05, 4.69) is 90.1 Å². The summed E-state index contributed by atoms with van der Waals surface area (Å²) in [6.07, 6.45) is 0. The highest BCUT2D eigenvalue weighted by Crippen LogP contribution is 2.54. The van der Waals surface area contributed by atoms with Gasteiger partial charge in [0.15, 0.2) is 0 Å². The summed E-state index contributed by atoms with van der Waals surface area (Å²) in [5.41, 5.74) is 14.6. The van der Waals surface area contributed by atoms with Crippen LogP contribution < -0.4 is 0 Å². The van der Waals surface area contributed by atoms with Crippen LogP contribution in [0, 0.1) is 12.8 Å². The molecule has 4 rings (SSSR count). The zero-order valence-corrected chi connectivity index (χ0v) is 16.8. The van der Waals surface area contributed by atoms with Gasteiger partial charge in [0.1, 0.15) is 0 Å². The second kappa shape index (κ2) is 6.13. The molecule has 0 N–H and O–H groups in total. The summed E-state index contributed by atoms with van der Waals surface area (Å²) in [5, 5.41) is 0. The number of allylic oxidation sites excluding steroid dienone is 5. The smallest absolute Gasteiger partial charge is 0.0164 e. The minimum Gasteiger partial charge on any atom is -0.0622 e. The van der Waals surface area contributed by atoms with E-state index in [9.17, 15) is 0 Å². The Balaban J connectivity index is 1.97. The number of hydrogen-bond donors (Lipinski definition) is 0. The first-order valence-corrected chi connectivity index (χ1v) is 9.64. The van der Waals surface area contributed by atoms with E-state index in [-0.39, 0.29) is 0 Å². The average Bonchev–Trinajstić information content (AvgIpc) is 3.01. The molecule has 0 aromatic heterocycles. The lowest BCUT2D eigenvalue weighted by atomic mass is 9.77. The third-order valence-corrected chi connectivity index (χ3v) is 6.75. The molecule has 26 heavy (non-hydrogen) atoms. The summed E-state index contributed by atoms with van der Waals surface area (Å²) in [6, 6.07) is 17.9. The van der Waals surface area contributed by atoms with Crippen LogP contribution in [0.4, 0.5) is 0 Å². The highest BCUT2D eigenvalue weighted by atomic mass is 14.4. The van der Waals surface area contributed by atoms with Gasteiger partial charge in [-0.3, -0.25) is 0 Å². The van der Waals surface area contributed by atoms with Gasteiger partial charge in [-0.1, -0.05) is 70.8 Å². The standard InChI is InChI=1S/C26H28/c1-15-12-13-22-23(14-15)26(24-18(4)16(2)17(3)19(24)5)20(6)25(22)21-10-8-7-9-11-21/h7-14,24,26H,1-6H3. The molecule has 2 aromatic carbocycles. The zero-order valence-electron chi connectivity index (χ0n) is 16.8. The van der Waals surface area contributed by atoms with Gasteiger partial charge >= 0.3 is 0 Å². The number of rotatable bonds is 2. The lowest BCUT2D eigenvalue weighted by Gasteiger charge is -2.26. The topological polar surface area (TPSA) is 0 Å². The van der Waals surface area contributed by atoms with Gasteiger partial charge in [-0.2, -0.15) is 0 Å². The first-order chi connectivity index (χ1) is 12.4. The summed E-state index contributed by atoms with van der Waals surface area (Å²) < 4.78 is 0. The van der Waals surface area contributed by atoms with Crippen LogP contribution in [0.25, 0.3) is 5.57 Å². The third kappa shape index (κ3) is 2.35. The lowest BCUT2D eigenvalue weighted by Crippen LogP contribution is -2.14. The summed E-state index contributed by atoms with van der Waals surface area (Å²) in [6.45, 7) is 13.8. The van der Waals surface area contributed by atoms with Crippen LogP contribution in [-0.4, -0.2) is 0 Å². The van der Waals surface area contributed by atoms with Crippen molar-refractivity contribution in [2.24, 2.45) is 5.92 Å². The van der Waals surface area contributed by atoms with Crippen molar-refractivity contribution in [2.75, 3.05) is 0 Å². The van der Waals surface area contributed by atoms with Gasteiger partial charge in [0, 0.05) is 11.8 Å². The van der Waals surface area contributed by atoms with Gasteiger partial charge in [0.25, 0.3) is 0 Å². The first-order valence-electron chi connectivity index (χ1n) is 9.64. The van der Waals surface area contributed by atoms with Crippen LogP contribution in [0.1, 0.15) is 62.8 Å². The Bertz CT molecular complexity index is 956. The highest BCUT2D eigenvalue weighted by Gasteiger charge is 2.39. The fourth-order valence-corrected chi connectivity index (χ4v) is 5.07. The number of aryl methyl sites for hydroxylation is 1. The Morgan fingerprint density at radius 3 is 1.85 bits per heavy atom. The van der Waals surface area contributed by atoms with E-state index in [0.29, 0.717) is 11.8 Å². The first kappa shape index (κ1) is 17.1. The molecular formula is C26H28. The van der Waals surface area contributed by atoms with Crippen LogP contribution in [0.3, 0.4) is 0 Å². The minimum absolute atomic E-state index is 0.451. The van der Waals surface area contributed by atoms with E-state index in [1.165, 1.54) is 44.5 Å². The van der Waals surface area contributed by atoms with E-state index in [1.807, 2.05) is 0 Å². The molecule has 0 heteroatoms. The van der Waals surface area contributed by atoms with Crippen LogP contribution in [-0.2, 0) is 0 Å². The maximum absolute atomic E-state index is 2.42. The normalized spacial score (nSPS) is 20.5. The molecule has 0 spiro atoms. The van der Waals surface area contributed by atoms with E-state index >= 15 is 0 Å². The molecule has 2 aliphatic carbocycles. The van der Waals surface area contributed by atoms with Gasteiger partial charge in [0.2, 0.25) is 0 Å². The predicted molar refractivity (Wildman–Crippen MR) is 112 cm³/mol. The van der Waals surface area contributed by atoms with Crippen molar-refractivity contribution in [2.45, 2.75) is 47.5 Å². The quantitative estimate of drug-likeness (QED) is 0.541. The predicted octanol–water partition coefficient (Wildman–Crippen LogP) is 7.22. The van der Waals surface area contributed by atoms with Crippen LogP contribution in [0.15, 0.2) is 76.4 Å². The van der Waals surface area contributed by atoms with Gasteiger partial charge < -0.3 is 0 Å². The van der Waals surface area contributed by atoms with E-state index in [1.54, 1.807) is 11.1 Å². The molecule has 0 bridgehead atoms. The lowest BCUT2D eigenvalue weighted by molar-refractivity contribution is 0.622. The molecular weight excluding hydrogens is 312 g/mol. The SMILES string of the molecule is CC1=C(C)C(C2C(C)=C(c3ccccc3)c3ccc(C)cc32)C(C)=C1C. The molecule has 1 unspecified atom stereocenters. The summed E-state index contributed by atoms with van der Waals surface area (Å²) in [7, 11) is 0. The van der Waals surface area contributed by atoms with Gasteiger partial charge in [0.05, 0.1) is 0 Å². The molecule has 1 atom stereocenters. The highest BCUT2D eigenvalue weighted by molar-refractivity contribution is 5.89. The Labute approximate surface area is 158 Å². The van der Waals surface area contributed by atoms with Gasteiger partial charge in [-0.05, 0) is 75.0 Å². The van der Waals surface area contributed by atoms with Gasteiger partial charge in [-0.25, -0.2) is 0 Å².